The van der Waals surface area contributed by atoms with Crippen LogP contribution in [-0.4, -0.2) is 21.8 Å². The van der Waals surface area contributed by atoms with E-state index < -0.39 is 0 Å². The van der Waals surface area contributed by atoms with Crippen LogP contribution < -0.4 is 0 Å². The Bertz CT molecular complexity index is 439. The quantitative estimate of drug-likeness (QED) is 0.853. The first-order valence-corrected chi connectivity index (χ1v) is 6.60. The largest absolute Gasteiger partial charge is 0.264 e. The Kier molecular flexibility index (Phi) is 3.13. The van der Waals surface area contributed by atoms with Crippen LogP contribution >= 0.6 is 27.7 Å². The van der Waals surface area contributed by atoms with Crippen LogP contribution in [0.2, 0.25) is 0 Å². The molecule has 14 heavy (non-hydrogen) atoms. The number of hydrogen-bond acceptors (Lipinski definition) is 2. The van der Waals surface area contributed by atoms with Gasteiger partial charge in [0, 0.05) is 15.6 Å². The van der Waals surface area contributed by atoms with Gasteiger partial charge in [-0.2, -0.15) is 16.9 Å². The summed E-state index contributed by atoms with van der Waals surface area (Å²) in [5, 5.41) is 5.55. The van der Waals surface area contributed by atoms with Crippen molar-refractivity contribution >= 4 is 38.6 Å². The Morgan fingerprint density at radius 3 is 3.14 bits per heavy atom. The summed E-state index contributed by atoms with van der Waals surface area (Å²) >= 11 is 5.29. The van der Waals surface area contributed by atoms with Gasteiger partial charge in [0.05, 0.1) is 18.3 Å². The monoisotopic (exact) mass is 270 g/mol. The molecular weight excluding hydrogens is 260 g/mol. The van der Waals surface area contributed by atoms with E-state index in [9.17, 15) is 0 Å². The molecule has 0 radical (unpaired) electrons. The Labute approximate surface area is 95.8 Å². The highest BCUT2D eigenvalue weighted by atomic mass is 79.9. The molecule has 0 saturated heterocycles. The van der Waals surface area contributed by atoms with Crippen molar-refractivity contribution in [1.29, 1.82) is 0 Å². The van der Waals surface area contributed by atoms with Crippen LogP contribution in [0.1, 0.15) is 0 Å². The number of aryl methyl sites for hydroxylation is 1. The second-order valence-electron chi connectivity index (χ2n) is 3.06. The second-order valence-corrected chi connectivity index (χ2v) is 4.96. The van der Waals surface area contributed by atoms with Crippen molar-refractivity contribution in [3.05, 3.63) is 28.9 Å². The summed E-state index contributed by atoms with van der Waals surface area (Å²) in [6.07, 6.45) is 4.03. The number of benzene rings is 1. The van der Waals surface area contributed by atoms with Gasteiger partial charge in [0.15, 0.2) is 0 Å². The maximum absolute atomic E-state index is 4.36. The van der Waals surface area contributed by atoms with E-state index in [1.54, 1.807) is 0 Å². The maximum Gasteiger partial charge on any atom is 0.0683 e. The first kappa shape index (κ1) is 10.1. The molecule has 2 rings (SSSR count). The molecule has 0 bridgehead atoms. The Morgan fingerprint density at radius 2 is 2.36 bits per heavy atom. The topological polar surface area (TPSA) is 17.8 Å². The van der Waals surface area contributed by atoms with E-state index in [2.05, 4.69) is 50.2 Å². The summed E-state index contributed by atoms with van der Waals surface area (Å²) in [4.78, 5) is 0. The SMILES string of the molecule is CSCCn1ncc2cc(Br)ccc21. The molecule has 1 aromatic carbocycles. The predicted molar refractivity (Wildman–Crippen MR) is 65.8 cm³/mol. The third kappa shape index (κ3) is 1.96. The first-order chi connectivity index (χ1) is 6.81. The Hall–Kier alpha value is -0.480. The Morgan fingerprint density at radius 1 is 1.50 bits per heavy atom. The molecular formula is C10H11BrN2S. The second kappa shape index (κ2) is 4.36. The van der Waals surface area contributed by atoms with Gasteiger partial charge in [-0.1, -0.05) is 15.9 Å². The van der Waals surface area contributed by atoms with Crippen molar-refractivity contribution in [1.82, 2.24) is 9.78 Å². The summed E-state index contributed by atoms with van der Waals surface area (Å²) in [6.45, 7) is 0.978. The molecule has 0 aliphatic heterocycles. The van der Waals surface area contributed by atoms with Crippen LogP contribution in [0.5, 0.6) is 0 Å². The van der Waals surface area contributed by atoms with Crippen LogP contribution in [-0.2, 0) is 6.54 Å². The lowest BCUT2D eigenvalue weighted by molar-refractivity contribution is 0.691. The smallest absolute Gasteiger partial charge is 0.0683 e. The summed E-state index contributed by atoms with van der Waals surface area (Å²) in [6, 6.07) is 6.25. The zero-order chi connectivity index (χ0) is 9.97. The van der Waals surface area contributed by atoms with Gasteiger partial charge in [-0.15, -0.1) is 0 Å². The minimum atomic E-state index is 0.978. The van der Waals surface area contributed by atoms with Crippen molar-refractivity contribution in [3.63, 3.8) is 0 Å². The molecule has 1 heterocycles. The normalized spacial score (nSPS) is 11.0. The highest BCUT2D eigenvalue weighted by Gasteiger charge is 2.01. The molecule has 0 spiro atoms. The first-order valence-electron chi connectivity index (χ1n) is 4.41. The maximum atomic E-state index is 4.36. The van der Waals surface area contributed by atoms with Gasteiger partial charge < -0.3 is 0 Å². The standard InChI is InChI=1S/C10H11BrN2S/c1-14-5-4-13-10-3-2-9(11)6-8(10)7-12-13/h2-3,6-7H,4-5H2,1H3. The van der Waals surface area contributed by atoms with Gasteiger partial charge in [0.1, 0.15) is 0 Å². The fourth-order valence-corrected chi connectivity index (χ4v) is 2.15. The molecule has 74 valence electrons. The fourth-order valence-electron chi connectivity index (χ4n) is 1.41. The number of fused-ring (bicyclic) bond motifs is 1. The van der Waals surface area contributed by atoms with Crippen molar-refractivity contribution in [2.75, 3.05) is 12.0 Å². The highest BCUT2D eigenvalue weighted by molar-refractivity contribution is 9.10. The molecule has 0 N–H and O–H groups in total. The van der Waals surface area contributed by atoms with Gasteiger partial charge >= 0.3 is 0 Å². The lowest BCUT2D eigenvalue weighted by atomic mass is 10.3. The molecule has 0 fully saturated rings. The molecule has 0 saturated carbocycles. The van der Waals surface area contributed by atoms with Crippen molar-refractivity contribution < 1.29 is 0 Å². The van der Waals surface area contributed by atoms with E-state index in [0.29, 0.717) is 0 Å². The Balaban J connectivity index is 2.37. The van der Waals surface area contributed by atoms with Crippen LogP contribution in [0.25, 0.3) is 10.9 Å². The molecule has 2 aromatic rings. The van der Waals surface area contributed by atoms with Gasteiger partial charge in [-0.05, 0) is 24.5 Å². The van der Waals surface area contributed by atoms with Gasteiger partial charge in [-0.3, -0.25) is 4.68 Å². The third-order valence-electron chi connectivity index (χ3n) is 2.11. The lowest BCUT2D eigenvalue weighted by Crippen LogP contribution is -2.01. The molecule has 4 heteroatoms. The summed E-state index contributed by atoms with van der Waals surface area (Å²) in [5.41, 5.74) is 1.21. The number of nitrogens with zero attached hydrogens (tertiary/aromatic N) is 2. The number of aromatic nitrogens is 2. The van der Waals surface area contributed by atoms with E-state index in [0.717, 1.165) is 16.8 Å². The molecule has 2 nitrogen and oxygen atoms in total. The molecule has 0 unspecified atom stereocenters. The van der Waals surface area contributed by atoms with Crippen LogP contribution in [0.4, 0.5) is 0 Å². The van der Waals surface area contributed by atoms with Gasteiger partial charge in [0.25, 0.3) is 0 Å². The van der Waals surface area contributed by atoms with Crippen LogP contribution in [0, 0.1) is 0 Å². The molecule has 0 aliphatic rings. The third-order valence-corrected chi connectivity index (χ3v) is 3.20. The van der Waals surface area contributed by atoms with E-state index >= 15 is 0 Å². The lowest BCUT2D eigenvalue weighted by Gasteiger charge is -2.01. The average molecular weight is 271 g/mol. The number of thioether (sulfide) groups is 1. The van der Waals surface area contributed by atoms with Gasteiger partial charge in [0.2, 0.25) is 0 Å². The van der Waals surface area contributed by atoms with Gasteiger partial charge in [-0.25, -0.2) is 0 Å². The van der Waals surface area contributed by atoms with E-state index in [-0.39, 0.29) is 0 Å². The van der Waals surface area contributed by atoms with Crippen molar-refractivity contribution in [2.45, 2.75) is 6.54 Å². The summed E-state index contributed by atoms with van der Waals surface area (Å²) in [7, 11) is 0. The zero-order valence-corrected chi connectivity index (χ0v) is 10.3. The average Bonchev–Trinajstić information content (AvgIpc) is 2.57. The zero-order valence-electron chi connectivity index (χ0n) is 7.90. The minimum Gasteiger partial charge on any atom is -0.264 e. The minimum absolute atomic E-state index is 0.978. The van der Waals surface area contributed by atoms with E-state index in [1.807, 2.05) is 18.0 Å². The molecule has 1 aromatic heterocycles. The number of halogens is 1. The molecule has 0 atom stereocenters. The number of rotatable bonds is 3. The summed E-state index contributed by atoms with van der Waals surface area (Å²) in [5.74, 6) is 1.10. The number of hydrogen-bond donors (Lipinski definition) is 0. The predicted octanol–water partition coefficient (Wildman–Crippen LogP) is 3.16. The van der Waals surface area contributed by atoms with Crippen LogP contribution in [0.15, 0.2) is 28.9 Å². The molecule has 0 amide bonds. The fraction of sp³-hybridized carbons (Fsp3) is 0.300. The van der Waals surface area contributed by atoms with Crippen molar-refractivity contribution in [3.8, 4) is 0 Å². The highest BCUT2D eigenvalue weighted by Crippen LogP contribution is 2.19. The summed E-state index contributed by atoms with van der Waals surface area (Å²) < 4.78 is 3.16. The van der Waals surface area contributed by atoms with Crippen molar-refractivity contribution in [2.24, 2.45) is 0 Å². The van der Waals surface area contributed by atoms with E-state index in [4.69, 9.17) is 0 Å². The molecule has 0 aliphatic carbocycles. The van der Waals surface area contributed by atoms with E-state index in [1.165, 1.54) is 10.9 Å². The van der Waals surface area contributed by atoms with Crippen LogP contribution in [0.3, 0.4) is 0 Å².